The standard InChI is InChI=1S/C44H90NO7P/c1-6-8-10-12-14-16-18-20-21-22-23-24-25-26-27-29-31-33-35-37-44(46)52-43(42-51-53(47,48)50-40-38-45(3,4)5)41-49-39-36-34-32-30-28-19-17-15-13-11-9-7-2/h43H,6-42H2,1-5H3/p+1/t43-/m1/s1. The fourth-order valence-corrected chi connectivity index (χ4v) is 7.35. The van der Waals surface area contributed by atoms with Gasteiger partial charge in [-0.3, -0.25) is 13.8 Å². The molecule has 0 saturated carbocycles. The number of unbranched alkanes of at least 4 members (excludes halogenated alkanes) is 29. The Kier molecular flexibility index (Phi) is 38.0. The number of quaternary nitrogens is 1. The van der Waals surface area contributed by atoms with Crippen molar-refractivity contribution in [3.8, 4) is 0 Å². The van der Waals surface area contributed by atoms with Crippen molar-refractivity contribution in [3.63, 3.8) is 0 Å². The molecule has 53 heavy (non-hydrogen) atoms. The number of carbonyl (C=O) groups is 1. The second-order valence-electron chi connectivity index (χ2n) is 16.8. The smallest absolute Gasteiger partial charge is 0.457 e. The summed E-state index contributed by atoms with van der Waals surface area (Å²) in [6.45, 7) is 5.68. The van der Waals surface area contributed by atoms with Gasteiger partial charge in [0.1, 0.15) is 19.3 Å². The second kappa shape index (κ2) is 38.4. The molecule has 0 fully saturated rings. The fraction of sp³-hybridized carbons (Fsp3) is 0.977. The first-order chi connectivity index (χ1) is 25.6. The minimum Gasteiger partial charge on any atom is -0.457 e. The van der Waals surface area contributed by atoms with E-state index in [1.54, 1.807) is 0 Å². The molecular weight excluding hydrogens is 685 g/mol. The largest absolute Gasteiger partial charge is 0.472 e. The highest BCUT2D eigenvalue weighted by molar-refractivity contribution is 7.47. The molecule has 1 unspecified atom stereocenters. The monoisotopic (exact) mass is 777 g/mol. The summed E-state index contributed by atoms with van der Waals surface area (Å²) in [7, 11) is 1.69. The van der Waals surface area contributed by atoms with E-state index < -0.39 is 13.9 Å². The first kappa shape index (κ1) is 52.5. The van der Waals surface area contributed by atoms with Crippen LogP contribution in [0.25, 0.3) is 0 Å². The summed E-state index contributed by atoms with van der Waals surface area (Å²) in [6.07, 6.45) is 39.9. The molecule has 0 amide bonds. The van der Waals surface area contributed by atoms with Crippen LogP contribution >= 0.6 is 7.82 Å². The third kappa shape index (κ3) is 42.5. The number of carbonyl (C=O) groups excluding carboxylic acids is 1. The minimum absolute atomic E-state index is 0.0938. The van der Waals surface area contributed by atoms with Crippen molar-refractivity contribution in [1.82, 2.24) is 0 Å². The predicted octanol–water partition coefficient (Wildman–Crippen LogP) is 13.3. The molecule has 8 nitrogen and oxygen atoms in total. The highest BCUT2D eigenvalue weighted by Crippen LogP contribution is 2.43. The van der Waals surface area contributed by atoms with E-state index in [1.165, 1.54) is 167 Å². The van der Waals surface area contributed by atoms with Crippen molar-refractivity contribution in [2.24, 2.45) is 0 Å². The van der Waals surface area contributed by atoms with Crippen LogP contribution in [0.15, 0.2) is 0 Å². The molecule has 318 valence electrons. The molecule has 9 heteroatoms. The molecule has 0 aromatic carbocycles. The molecule has 2 atom stereocenters. The maximum atomic E-state index is 12.7. The molecule has 0 spiro atoms. The summed E-state index contributed by atoms with van der Waals surface area (Å²) in [6, 6.07) is 0. The number of phosphoric acid groups is 1. The number of hydrogen-bond donors (Lipinski definition) is 1. The Morgan fingerprint density at radius 2 is 0.868 bits per heavy atom. The van der Waals surface area contributed by atoms with Crippen LogP contribution in [0.2, 0.25) is 0 Å². The quantitative estimate of drug-likeness (QED) is 0.0285. The van der Waals surface area contributed by atoms with Gasteiger partial charge < -0.3 is 18.9 Å². The SMILES string of the molecule is CCCCCCCCCCCCCCCCCCCCCC(=O)O[C@H](COCCCCCCCCCCCCCC)COP(=O)(O)OCC[N+](C)(C)C. The number of hydrogen-bond acceptors (Lipinski definition) is 6. The molecule has 0 rings (SSSR count). The summed E-state index contributed by atoms with van der Waals surface area (Å²) in [5.41, 5.74) is 0. The summed E-state index contributed by atoms with van der Waals surface area (Å²) in [5, 5.41) is 0. The Hall–Kier alpha value is -0.500. The van der Waals surface area contributed by atoms with Crippen LogP contribution in [0.1, 0.15) is 219 Å². The lowest BCUT2D eigenvalue weighted by molar-refractivity contribution is -0.870. The van der Waals surface area contributed by atoms with Crippen LogP contribution in [0.3, 0.4) is 0 Å². The first-order valence-corrected chi connectivity index (χ1v) is 24.3. The molecule has 1 N–H and O–H groups in total. The fourth-order valence-electron chi connectivity index (χ4n) is 6.61. The maximum absolute atomic E-state index is 12.7. The lowest BCUT2D eigenvalue weighted by Gasteiger charge is -2.24. The van der Waals surface area contributed by atoms with E-state index in [4.69, 9.17) is 18.5 Å². The Bertz CT molecular complexity index is 822. The van der Waals surface area contributed by atoms with Gasteiger partial charge in [0.2, 0.25) is 0 Å². The summed E-state index contributed by atoms with van der Waals surface area (Å²) in [5.74, 6) is -0.307. The summed E-state index contributed by atoms with van der Waals surface area (Å²) < 4.78 is 35.0. The second-order valence-corrected chi connectivity index (χ2v) is 18.3. The molecule has 0 aliphatic rings. The zero-order valence-corrected chi connectivity index (χ0v) is 36.9. The first-order valence-electron chi connectivity index (χ1n) is 22.8. The van der Waals surface area contributed by atoms with Crippen LogP contribution in [0.4, 0.5) is 0 Å². The number of nitrogens with zero attached hydrogens (tertiary/aromatic N) is 1. The van der Waals surface area contributed by atoms with E-state index >= 15 is 0 Å². The molecular formula is C44H91NO7P+. The van der Waals surface area contributed by atoms with Gasteiger partial charge in [-0.1, -0.05) is 200 Å². The Morgan fingerprint density at radius 1 is 0.509 bits per heavy atom. The zero-order valence-electron chi connectivity index (χ0n) is 36.0. The van der Waals surface area contributed by atoms with Crippen LogP contribution in [0.5, 0.6) is 0 Å². The van der Waals surface area contributed by atoms with Gasteiger partial charge in [0, 0.05) is 13.0 Å². The zero-order chi connectivity index (χ0) is 39.1. The predicted molar refractivity (Wildman–Crippen MR) is 224 cm³/mol. The normalized spacial score (nSPS) is 13.7. The van der Waals surface area contributed by atoms with Gasteiger partial charge in [-0.2, -0.15) is 0 Å². The number of rotatable bonds is 43. The lowest BCUT2D eigenvalue weighted by Crippen LogP contribution is -2.37. The van der Waals surface area contributed by atoms with Crippen LogP contribution in [-0.4, -0.2) is 75.6 Å². The number of ether oxygens (including phenoxy) is 2. The molecule has 0 aromatic rings. The molecule has 0 aliphatic heterocycles. The van der Waals surface area contributed by atoms with Gasteiger partial charge in [-0.15, -0.1) is 0 Å². The Labute approximate surface area is 329 Å². The topological polar surface area (TPSA) is 91.3 Å². The van der Waals surface area contributed by atoms with E-state index in [1.807, 2.05) is 21.1 Å². The molecule has 0 aromatic heterocycles. The van der Waals surface area contributed by atoms with E-state index in [-0.39, 0.29) is 25.8 Å². The van der Waals surface area contributed by atoms with Crippen molar-refractivity contribution in [1.29, 1.82) is 0 Å². The minimum atomic E-state index is -4.26. The van der Waals surface area contributed by atoms with E-state index in [0.717, 1.165) is 32.1 Å². The van der Waals surface area contributed by atoms with Gasteiger partial charge >= 0.3 is 13.8 Å². The highest BCUT2D eigenvalue weighted by Gasteiger charge is 2.26. The van der Waals surface area contributed by atoms with Gasteiger partial charge in [0.15, 0.2) is 0 Å². The van der Waals surface area contributed by atoms with E-state index in [9.17, 15) is 14.3 Å². The van der Waals surface area contributed by atoms with Crippen LogP contribution in [-0.2, 0) is 27.9 Å². The van der Waals surface area contributed by atoms with Crippen LogP contribution in [0, 0.1) is 0 Å². The Balaban J connectivity index is 4.13. The Morgan fingerprint density at radius 3 is 1.25 bits per heavy atom. The van der Waals surface area contributed by atoms with E-state index in [2.05, 4.69) is 13.8 Å². The van der Waals surface area contributed by atoms with Crippen molar-refractivity contribution < 1.29 is 37.3 Å². The third-order valence-electron chi connectivity index (χ3n) is 10.2. The van der Waals surface area contributed by atoms with Crippen LogP contribution < -0.4 is 0 Å². The average Bonchev–Trinajstić information content (AvgIpc) is 3.11. The van der Waals surface area contributed by atoms with Crippen molar-refractivity contribution in [3.05, 3.63) is 0 Å². The summed E-state index contributed by atoms with van der Waals surface area (Å²) >= 11 is 0. The number of esters is 1. The molecule has 0 saturated heterocycles. The molecule has 0 heterocycles. The van der Waals surface area contributed by atoms with Gasteiger partial charge in [-0.05, 0) is 12.8 Å². The van der Waals surface area contributed by atoms with Crippen molar-refractivity contribution in [2.45, 2.75) is 225 Å². The van der Waals surface area contributed by atoms with Crippen molar-refractivity contribution in [2.75, 3.05) is 54.1 Å². The lowest BCUT2D eigenvalue weighted by atomic mass is 10.0. The third-order valence-corrected chi connectivity index (χ3v) is 11.2. The van der Waals surface area contributed by atoms with Gasteiger partial charge in [0.25, 0.3) is 0 Å². The van der Waals surface area contributed by atoms with E-state index in [0.29, 0.717) is 24.1 Å². The van der Waals surface area contributed by atoms with Gasteiger partial charge in [-0.25, -0.2) is 4.57 Å². The average molecular weight is 777 g/mol. The highest BCUT2D eigenvalue weighted by atomic mass is 31.2. The maximum Gasteiger partial charge on any atom is 0.472 e. The molecule has 0 aliphatic carbocycles. The van der Waals surface area contributed by atoms with Crippen molar-refractivity contribution >= 4 is 13.8 Å². The molecule has 0 radical (unpaired) electrons. The molecule has 0 bridgehead atoms. The number of phosphoric ester groups is 1. The number of likely N-dealkylation sites (N-methyl/N-ethyl adjacent to an activating group) is 1. The van der Waals surface area contributed by atoms with Gasteiger partial charge in [0.05, 0.1) is 34.4 Å². The summed E-state index contributed by atoms with van der Waals surface area (Å²) in [4.78, 5) is 22.9.